The summed E-state index contributed by atoms with van der Waals surface area (Å²) in [4.78, 5) is 0.241. The van der Waals surface area contributed by atoms with Crippen LogP contribution in [0.1, 0.15) is 40.0 Å². The molecule has 0 saturated heterocycles. The van der Waals surface area contributed by atoms with Gasteiger partial charge < -0.3 is 5.32 Å². The summed E-state index contributed by atoms with van der Waals surface area (Å²) < 4.78 is 28.2. The van der Waals surface area contributed by atoms with E-state index in [-0.39, 0.29) is 4.90 Å². The molecule has 0 aliphatic heterocycles. The molecule has 0 unspecified atom stereocenters. The van der Waals surface area contributed by atoms with Gasteiger partial charge in [0.25, 0.3) is 0 Å². The zero-order valence-corrected chi connectivity index (χ0v) is 13.4. The van der Waals surface area contributed by atoms with Gasteiger partial charge >= 0.3 is 0 Å². The smallest absolute Gasteiger partial charge is 0.243 e. The maximum absolute atomic E-state index is 12.0. The highest BCUT2D eigenvalue weighted by atomic mass is 32.2. The predicted molar refractivity (Wildman–Crippen MR) is 80.1 cm³/mol. The molecule has 1 aromatic rings. The third kappa shape index (κ3) is 6.02. The molecule has 0 fully saturated rings. The number of unbranched alkanes of at least 4 members (excludes halogenated alkanes) is 1. The van der Waals surface area contributed by atoms with Crippen molar-refractivity contribution in [1.82, 2.24) is 19.8 Å². The fraction of sp³-hybridized carbons (Fsp3) is 0.769. The molecular formula is C13H26N4O2S. The zero-order chi connectivity index (χ0) is 15.0. The second kappa shape index (κ2) is 8.39. The van der Waals surface area contributed by atoms with Gasteiger partial charge in [-0.05, 0) is 19.4 Å². The fourth-order valence-electron chi connectivity index (χ4n) is 1.70. The number of sulfonamides is 1. The summed E-state index contributed by atoms with van der Waals surface area (Å²) in [5.74, 6) is 0. The topological polar surface area (TPSA) is 76.0 Å². The summed E-state index contributed by atoms with van der Waals surface area (Å²) in [6, 6.07) is 0.464. The van der Waals surface area contributed by atoms with Crippen molar-refractivity contribution >= 4 is 10.0 Å². The molecule has 0 aliphatic carbocycles. The molecule has 1 rings (SSSR count). The van der Waals surface area contributed by atoms with Gasteiger partial charge in [-0.1, -0.05) is 27.2 Å². The third-order valence-corrected chi connectivity index (χ3v) is 4.27. The number of hydrogen-bond acceptors (Lipinski definition) is 4. The number of aryl methyl sites for hydroxylation is 1. The van der Waals surface area contributed by atoms with Crippen LogP contribution in [0.3, 0.4) is 0 Å². The predicted octanol–water partition coefficient (Wildman–Crippen LogP) is 1.35. The molecule has 116 valence electrons. The van der Waals surface area contributed by atoms with E-state index in [4.69, 9.17) is 0 Å². The molecule has 0 atom stereocenters. The van der Waals surface area contributed by atoms with Crippen molar-refractivity contribution in [2.45, 2.75) is 57.5 Å². The number of nitrogens with one attached hydrogen (secondary N) is 2. The molecule has 6 nitrogen and oxygen atoms in total. The van der Waals surface area contributed by atoms with Crippen molar-refractivity contribution in [1.29, 1.82) is 0 Å². The van der Waals surface area contributed by atoms with Crippen LogP contribution in [-0.2, 0) is 16.6 Å². The van der Waals surface area contributed by atoms with Crippen LogP contribution in [0.4, 0.5) is 0 Å². The zero-order valence-electron chi connectivity index (χ0n) is 12.6. The minimum atomic E-state index is -3.40. The fourth-order valence-corrected chi connectivity index (χ4v) is 2.73. The Kier molecular flexibility index (Phi) is 7.18. The summed E-state index contributed by atoms with van der Waals surface area (Å²) in [6.45, 7) is 8.31. The van der Waals surface area contributed by atoms with E-state index in [1.54, 1.807) is 10.9 Å². The van der Waals surface area contributed by atoms with Crippen molar-refractivity contribution in [2.24, 2.45) is 0 Å². The SMILES string of the molecule is CCCCNS(=O)(=O)c1cnn(CCCNC(C)C)c1. The van der Waals surface area contributed by atoms with Gasteiger partial charge in [0.1, 0.15) is 4.90 Å². The van der Waals surface area contributed by atoms with Gasteiger partial charge in [-0.25, -0.2) is 13.1 Å². The number of hydrogen-bond donors (Lipinski definition) is 2. The Balaban J connectivity index is 2.45. The largest absolute Gasteiger partial charge is 0.314 e. The molecule has 1 heterocycles. The molecule has 0 bridgehead atoms. The van der Waals surface area contributed by atoms with E-state index in [1.807, 2.05) is 6.92 Å². The van der Waals surface area contributed by atoms with Gasteiger partial charge in [0, 0.05) is 25.3 Å². The Labute approximate surface area is 122 Å². The van der Waals surface area contributed by atoms with Crippen molar-refractivity contribution in [3.8, 4) is 0 Å². The van der Waals surface area contributed by atoms with Gasteiger partial charge in [0.05, 0.1) is 6.20 Å². The molecule has 0 aliphatic rings. The first-order valence-electron chi connectivity index (χ1n) is 7.21. The average Bonchev–Trinajstić information content (AvgIpc) is 2.84. The van der Waals surface area contributed by atoms with E-state index in [0.29, 0.717) is 19.1 Å². The molecular weight excluding hydrogens is 276 g/mol. The summed E-state index contributed by atoms with van der Waals surface area (Å²) >= 11 is 0. The summed E-state index contributed by atoms with van der Waals surface area (Å²) in [5.41, 5.74) is 0. The van der Waals surface area contributed by atoms with Crippen molar-refractivity contribution in [3.63, 3.8) is 0 Å². The Bertz CT molecular complexity index is 482. The highest BCUT2D eigenvalue weighted by molar-refractivity contribution is 7.89. The van der Waals surface area contributed by atoms with Crippen LogP contribution in [0, 0.1) is 0 Å². The monoisotopic (exact) mass is 302 g/mol. The minimum absolute atomic E-state index is 0.241. The van der Waals surface area contributed by atoms with E-state index in [1.165, 1.54) is 6.20 Å². The number of rotatable bonds is 10. The van der Waals surface area contributed by atoms with E-state index >= 15 is 0 Å². The summed E-state index contributed by atoms with van der Waals surface area (Å²) in [6.07, 6.45) is 5.72. The van der Waals surface area contributed by atoms with Gasteiger partial charge in [-0.3, -0.25) is 4.68 Å². The normalized spacial score (nSPS) is 12.2. The van der Waals surface area contributed by atoms with Crippen molar-refractivity contribution in [3.05, 3.63) is 12.4 Å². The lowest BCUT2D eigenvalue weighted by Gasteiger charge is -2.07. The Morgan fingerprint density at radius 2 is 2.05 bits per heavy atom. The second-order valence-corrected chi connectivity index (χ2v) is 6.92. The van der Waals surface area contributed by atoms with Crippen LogP contribution in [0.5, 0.6) is 0 Å². The molecule has 0 amide bonds. The first kappa shape index (κ1) is 17.1. The quantitative estimate of drug-likeness (QED) is 0.640. The molecule has 0 radical (unpaired) electrons. The number of nitrogens with zero attached hydrogens (tertiary/aromatic N) is 2. The Morgan fingerprint density at radius 1 is 1.30 bits per heavy atom. The average molecular weight is 302 g/mol. The molecule has 7 heteroatoms. The van der Waals surface area contributed by atoms with E-state index in [0.717, 1.165) is 25.8 Å². The van der Waals surface area contributed by atoms with Gasteiger partial charge in [0.2, 0.25) is 10.0 Å². The lowest BCUT2D eigenvalue weighted by Crippen LogP contribution is -2.25. The number of aromatic nitrogens is 2. The Hall–Kier alpha value is -0.920. The van der Waals surface area contributed by atoms with Crippen LogP contribution >= 0.6 is 0 Å². The minimum Gasteiger partial charge on any atom is -0.314 e. The molecule has 20 heavy (non-hydrogen) atoms. The highest BCUT2D eigenvalue weighted by Crippen LogP contribution is 2.07. The van der Waals surface area contributed by atoms with E-state index in [9.17, 15) is 8.42 Å². The van der Waals surface area contributed by atoms with Crippen LogP contribution in [0.15, 0.2) is 17.3 Å². The van der Waals surface area contributed by atoms with Crippen LogP contribution < -0.4 is 10.0 Å². The van der Waals surface area contributed by atoms with Crippen LogP contribution in [-0.4, -0.2) is 37.3 Å². The molecule has 0 aromatic carbocycles. The maximum atomic E-state index is 12.0. The first-order valence-corrected chi connectivity index (χ1v) is 8.69. The standard InChI is InChI=1S/C13H26N4O2S/c1-4-5-8-16-20(18,19)13-10-15-17(11-13)9-6-7-14-12(2)3/h10-12,14,16H,4-9H2,1-3H3. The molecule has 1 aromatic heterocycles. The first-order chi connectivity index (χ1) is 9.45. The molecule has 0 saturated carbocycles. The lowest BCUT2D eigenvalue weighted by molar-refractivity contribution is 0.513. The second-order valence-electron chi connectivity index (χ2n) is 5.15. The highest BCUT2D eigenvalue weighted by Gasteiger charge is 2.15. The van der Waals surface area contributed by atoms with E-state index < -0.39 is 10.0 Å². The van der Waals surface area contributed by atoms with Crippen LogP contribution in [0.25, 0.3) is 0 Å². The Morgan fingerprint density at radius 3 is 2.70 bits per heavy atom. The van der Waals surface area contributed by atoms with Gasteiger partial charge in [-0.2, -0.15) is 5.10 Å². The third-order valence-electron chi connectivity index (χ3n) is 2.86. The van der Waals surface area contributed by atoms with Crippen LogP contribution in [0.2, 0.25) is 0 Å². The van der Waals surface area contributed by atoms with Crippen molar-refractivity contribution < 1.29 is 8.42 Å². The van der Waals surface area contributed by atoms with Gasteiger partial charge in [-0.15, -0.1) is 0 Å². The molecule has 2 N–H and O–H groups in total. The summed E-state index contributed by atoms with van der Waals surface area (Å²) in [5, 5.41) is 7.41. The van der Waals surface area contributed by atoms with Crippen molar-refractivity contribution in [2.75, 3.05) is 13.1 Å². The lowest BCUT2D eigenvalue weighted by atomic mass is 10.3. The van der Waals surface area contributed by atoms with E-state index in [2.05, 4.69) is 29.0 Å². The molecule has 0 spiro atoms. The maximum Gasteiger partial charge on any atom is 0.243 e. The summed E-state index contributed by atoms with van der Waals surface area (Å²) in [7, 11) is -3.40. The van der Waals surface area contributed by atoms with Gasteiger partial charge in [0.15, 0.2) is 0 Å².